The normalized spacial score (nSPS) is 21.0. The quantitative estimate of drug-likeness (QED) is 0.856. The third-order valence-electron chi connectivity index (χ3n) is 4.21. The minimum absolute atomic E-state index is 0.189. The number of nitrogens with one attached hydrogen (secondary N) is 1. The molecular formula is C19H19NO4. The van der Waals surface area contributed by atoms with Gasteiger partial charge in [0.25, 0.3) is 0 Å². The van der Waals surface area contributed by atoms with Gasteiger partial charge < -0.3 is 14.8 Å². The smallest absolute Gasteiger partial charge is 0.352 e. The van der Waals surface area contributed by atoms with Gasteiger partial charge in [0.2, 0.25) is 5.60 Å². The predicted molar refractivity (Wildman–Crippen MR) is 89.3 cm³/mol. The van der Waals surface area contributed by atoms with E-state index in [2.05, 4.69) is 5.32 Å². The van der Waals surface area contributed by atoms with Crippen molar-refractivity contribution in [3.63, 3.8) is 0 Å². The van der Waals surface area contributed by atoms with Gasteiger partial charge in [-0.2, -0.15) is 0 Å². The van der Waals surface area contributed by atoms with Crippen LogP contribution >= 0.6 is 0 Å². The molecule has 0 saturated carbocycles. The number of anilines is 1. The number of esters is 2. The third-order valence-corrected chi connectivity index (χ3v) is 4.21. The summed E-state index contributed by atoms with van der Waals surface area (Å²) in [5.74, 6) is -0.943. The number of carbonyl (C=O) groups is 2. The van der Waals surface area contributed by atoms with E-state index >= 15 is 0 Å². The second kappa shape index (κ2) is 6.74. The molecule has 1 fully saturated rings. The van der Waals surface area contributed by atoms with Crippen molar-refractivity contribution in [3.05, 3.63) is 66.2 Å². The number of cyclic esters (lactones) is 1. The second-order valence-electron chi connectivity index (χ2n) is 5.71. The van der Waals surface area contributed by atoms with Gasteiger partial charge in [-0.15, -0.1) is 0 Å². The molecule has 0 bridgehead atoms. The van der Waals surface area contributed by atoms with Crippen LogP contribution in [0.4, 0.5) is 5.69 Å². The standard InChI is InChI=1S/C19H19NO4/c1-23-18(22)19(13-12-16(21)24-19)17(14-8-4-2-5-9-14)20-15-10-6-3-7-11-15/h2-11,17,20H,12-13H2,1H3. The van der Waals surface area contributed by atoms with E-state index < -0.39 is 23.6 Å². The lowest BCUT2D eigenvalue weighted by atomic mass is 9.85. The van der Waals surface area contributed by atoms with Crippen LogP contribution in [-0.4, -0.2) is 24.6 Å². The number of carbonyl (C=O) groups excluding carboxylic acids is 2. The van der Waals surface area contributed by atoms with E-state index in [0.717, 1.165) is 11.3 Å². The molecule has 0 radical (unpaired) electrons. The molecule has 0 aliphatic carbocycles. The highest BCUT2D eigenvalue weighted by molar-refractivity contribution is 5.88. The summed E-state index contributed by atoms with van der Waals surface area (Å²) in [7, 11) is 1.31. The Balaban J connectivity index is 2.05. The van der Waals surface area contributed by atoms with Crippen molar-refractivity contribution in [2.24, 2.45) is 0 Å². The molecular weight excluding hydrogens is 306 g/mol. The monoisotopic (exact) mass is 325 g/mol. The summed E-state index contributed by atoms with van der Waals surface area (Å²) in [5.41, 5.74) is 0.308. The van der Waals surface area contributed by atoms with Gasteiger partial charge in [0, 0.05) is 12.1 Å². The van der Waals surface area contributed by atoms with Crippen molar-refractivity contribution in [1.82, 2.24) is 0 Å². The lowest BCUT2D eigenvalue weighted by molar-refractivity contribution is -0.174. The molecule has 0 aromatic heterocycles. The lowest BCUT2D eigenvalue weighted by Gasteiger charge is -2.34. The first-order valence-corrected chi connectivity index (χ1v) is 7.82. The minimum atomic E-state index is -1.37. The fourth-order valence-electron chi connectivity index (χ4n) is 3.05. The van der Waals surface area contributed by atoms with Crippen LogP contribution in [0.2, 0.25) is 0 Å². The van der Waals surface area contributed by atoms with E-state index in [9.17, 15) is 9.59 Å². The van der Waals surface area contributed by atoms with Gasteiger partial charge in [-0.1, -0.05) is 48.5 Å². The maximum Gasteiger partial charge on any atom is 0.352 e. The Morgan fingerprint density at radius 3 is 2.29 bits per heavy atom. The summed E-state index contributed by atoms with van der Waals surface area (Å²) in [4.78, 5) is 24.4. The summed E-state index contributed by atoms with van der Waals surface area (Å²) < 4.78 is 10.5. The first-order valence-electron chi connectivity index (χ1n) is 7.82. The van der Waals surface area contributed by atoms with Crippen molar-refractivity contribution >= 4 is 17.6 Å². The van der Waals surface area contributed by atoms with Gasteiger partial charge >= 0.3 is 11.9 Å². The van der Waals surface area contributed by atoms with Gasteiger partial charge in [0.05, 0.1) is 13.5 Å². The van der Waals surface area contributed by atoms with Crippen molar-refractivity contribution < 1.29 is 19.1 Å². The van der Waals surface area contributed by atoms with Crippen molar-refractivity contribution in [2.75, 3.05) is 12.4 Å². The molecule has 5 nitrogen and oxygen atoms in total. The summed E-state index contributed by atoms with van der Waals surface area (Å²) in [5, 5.41) is 3.34. The van der Waals surface area contributed by atoms with Gasteiger partial charge in [0.1, 0.15) is 6.04 Å². The SMILES string of the molecule is COC(=O)C1(C(Nc2ccccc2)c2ccccc2)CCC(=O)O1. The highest BCUT2D eigenvalue weighted by atomic mass is 16.6. The largest absolute Gasteiger partial charge is 0.466 e. The highest BCUT2D eigenvalue weighted by Gasteiger charge is 2.55. The Morgan fingerprint density at radius 2 is 1.75 bits per heavy atom. The topological polar surface area (TPSA) is 64.6 Å². The van der Waals surface area contributed by atoms with Gasteiger partial charge in [-0.05, 0) is 17.7 Å². The van der Waals surface area contributed by atoms with E-state index in [1.807, 2.05) is 60.7 Å². The molecule has 2 aromatic rings. The molecule has 0 spiro atoms. The predicted octanol–water partition coefficient (Wildman–Crippen LogP) is 3.09. The summed E-state index contributed by atoms with van der Waals surface area (Å²) >= 11 is 0. The first kappa shape index (κ1) is 16.1. The van der Waals surface area contributed by atoms with Gasteiger partial charge in [-0.25, -0.2) is 4.79 Å². The van der Waals surface area contributed by atoms with E-state index in [-0.39, 0.29) is 12.8 Å². The van der Waals surface area contributed by atoms with E-state index in [1.165, 1.54) is 7.11 Å². The zero-order chi connectivity index (χ0) is 17.0. The van der Waals surface area contributed by atoms with Crippen LogP contribution < -0.4 is 5.32 Å². The maximum absolute atomic E-state index is 12.5. The molecule has 2 atom stereocenters. The zero-order valence-electron chi connectivity index (χ0n) is 13.4. The van der Waals surface area contributed by atoms with Crippen molar-refractivity contribution in [2.45, 2.75) is 24.5 Å². The molecule has 1 heterocycles. The van der Waals surface area contributed by atoms with E-state index in [0.29, 0.717) is 0 Å². The number of ether oxygens (including phenoxy) is 2. The molecule has 0 amide bonds. The van der Waals surface area contributed by atoms with Crippen LogP contribution in [0.15, 0.2) is 60.7 Å². The summed E-state index contributed by atoms with van der Waals surface area (Å²) in [6.07, 6.45) is 0.465. The fourth-order valence-corrected chi connectivity index (χ4v) is 3.05. The Labute approximate surface area is 140 Å². The van der Waals surface area contributed by atoms with Crippen molar-refractivity contribution in [3.8, 4) is 0 Å². The highest BCUT2D eigenvalue weighted by Crippen LogP contribution is 2.41. The lowest BCUT2D eigenvalue weighted by Crippen LogP contribution is -2.48. The molecule has 124 valence electrons. The number of hydrogen-bond donors (Lipinski definition) is 1. The van der Waals surface area contributed by atoms with Crippen molar-refractivity contribution in [1.29, 1.82) is 0 Å². The van der Waals surface area contributed by atoms with E-state index in [4.69, 9.17) is 9.47 Å². The Bertz CT molecular complexity index is 717. The molecule has 1 saturated heterocycles. The molecule has 3 rings (SSSR count). The Kier molecular flexibility index (Phi) is 4.51. The number of rotatable bonds is 5. The minimum Gasteiger partial charge on any atom is -0.466 e. The van der Waals surface area contributed by atoms with Crippen LogP contribution in [0.3, 0.4) is 0 Å². The summed E-state index contributed by atoms with van der Waals surface area (Å²) in [6.45, 7) is 0. The number of hydrogen-bond acceptors (Lipinski definition) is 5. The Hall–Kier alpha value is -2.82. The molecule has 24 heavy (non-hydrogen) atoms. The zero-order valence-corrected chi connectivity index (χ0v) is 13.4. The van der Waals surface area contributed by atoms with Crippen LogP contribution in [-0.2, 0) is 19.1 Å². The number of benzene rings is 2. The number of methoxy groups -OCH3 is 1. The fraction of sp³-hybridized carbons (Fsp3) is 0.263. The van der Waals surface area contributed by atoms with Crippen LogP contribution in [0.1, 0.15) is 24.4 Å². The molecule has 2 unspecified atom stereocenters. The molecule has 1 aliphatic heterocycles. The average Bonchev–Trinajstić information content (AvgIpc) is 3.03. The third kappa shape index (κ3) is 2.97. The van der Waals surface area contributed by atoms with Crippen LogP contribution in [0.25, 0.3) is 0 Å². The second-order valence-corrected chi connectivity index (χ2v) is 5.71. The van der Waals surface area contributed by atoms with Gasteiger partial charge in [-0.3, -0.25) is 4.79 Å². The molecule has 2 aromatic carbocycles. The molecule has 5 heteroatoms. The maximum atomic E-state index is 12.5. The Morgan fingerprint density at radius 1 is 1.12 bits per heavy atom. The summed E-state index contributed by atoms with van der Waals surface area (Å²) in [6, 6.07) is 18.4. The molecule has 1 N–H and O–H groups in total. The average molecular weight is 325 g/mol. The molecule has 1 aliphatic rings. The van der Waals surface area contributed by atoms with Crippen LogP contribution in [0.5, 0.6) is 0 Å². The number of para-hydroxylation sites is 1. The first-order chi connectivity index (χ1) is 11.7. The van der Waals surface area contributed by atoms with Gasteiger partial charge in [0.15, 0.2) is 0 Å². The van der Waals surface area contributed by atoms with Crippen LogP contribution in [0, 0.1) is 0 Å². The van der Waals surface area contributed by atoms with E-state index in [1.54, 1.807) is 0 Å².